The number of aliphatic imine (C=N–C) groups is 1. The summed E-state index contributed by atoms with van der Waals surface area (Å²) in [6, 6.07) is 14.4. The molecule has 0 radical (unpaired) electrons. The Morgan fingerprint density at radius 3 is 2.56 bits per heavy atom. The van der Waals surface area contributed by atoms with Crippen LogP contribution in [0.2, 0.25) is 0 Å². The van der Waals surface area contributed by atoms with E-state index >= 15 is 0 Å². The number of guanidine groups is 1. The van der Waals surface area contributed by atoms with Gasteiger partial charge in [-0.15, -0.1) is 24.0 Å². The van der Waals surface area contributed by atoms with Crippen LogP contribution in [-0.4, -0.2) is 68.6 Å². The van der Waals surface area contributed by atoms with Crippen LogP contribution in [0.3, 0.4) is 0 Å². The zero-order valence-electron chi connectivity index (χ0n) is 19.5. The molecule has 3 rings (SSSR count). The number of rotatable bonds is 6. The molecule has 1 fully saturated rings. The fourth-order valence-electron chi connectivity index (χ4n) is 3.79. The number of hydrogen-bond acceptors (Lipinski definition) is 4. The monoisotopic (exact) mass is 550 g/mol. The van der Waals surface area contributed by atoms with Gasteiger partial charge in [-0.3, -0.25) is 9.79 Å². The first-order valence-electron chi connectivity index (χ1n) is 10.9. The minimum absolute atomic E-state index is 0. The zero-order valence-corrected chi connectivity index (χ0v) is 21.8. The number of halogens is 1. The Kier molecular flexibility index (Phi) is 10.2. The first-order chi connectivity index (χ1) is 15.0. The molecule has 0 atom stereocenters. The van der Waals surface area contributed by atoms with Crippen molar-refractivity contribution in [2.45, 2.75) is 32.2 Å². The highest BCUT2D eigenvalue weighted by Crippen LogP contribution is 2.18. The summed E-state index contributed by atoms with van der Waals surface area (Å²) in [4.78, 5) is 25.1. The average Bonchev–Trinajstić information content (AvgIpc) is 2.78. The third-order valence-corrected chi connectivity index (χ3v) is 5.54. The fraction of sp³-hybridized carbons (Fsp3) is 0.458. The van der Waals surface area contributed by atoms with Crippen molar-refractivity contribution in [2.24, 2.45) is 4.99 Å². The third kappa shape index (κ3) is 7.36. The Bertz CT molecular complexity index is 909. The van der Waals surface area contributed by atoms with Gasteiger partial charge < -0.3 is 20.4 Å². The van der Waals surface area contributed by atoms with Crippen LogP contribution in [0, 0.1) is 6.92 Å². The maximum Gasteiger partial charge on any atom is 0.253 e. The molecule has 32 heavy (non-hydrogen) atoms. The normalized spacial score (nSPS) is 14.5. The number of aromatic nitrogens is 1. The van der Waals surface area contributed by atoms with Gasteiger partial charge in [0.2, 0.25) is 0 Å². The van der Waals surface area contributed by atoms with E-state index in [1.165, 1.54) is 0 Å². The minimum Gasteiger partial charge on any atom is -0.356 e. The highest BCUT2D eigenvalue weighted by Gasteiger charge is 2.21. The lowest BCUT2D eigenvalue weighted by Crippen LogP contribution is -2.49. The Balaban J connectivity index is 0.00000363. The van der Waals surface area contributed by atoms with Gasteiger partial charge in [0.05, 0.1) is 0 Å². The third-order valence-electron chi connectivity index (χ3n) is 5.54. The predicted molar refractivity (Wildman–Crippen MR) is 142 cm³/mol. The summed E-state index contributed by atoms with van der Waals surface area (Å²) < 4.78 is 0. The van der Waals surface area contributed by atoms with Crippen LogP contribution in [-0.2, 0) is 6.42 Å². The number of aryl methyl sites for hydroxylation is 1. The fourth-order valence-corrected chi connectivity index (χ4v) is 3.79. The maximum atomic E-state index is 12.2. The first kappa shape index (κ1) is 25.9. The number of carbonyl (C=O) groups is 1. The van der Waals surface area contributed by atoms with Crippen LogP contribution in [0.25, 0.3) is 0 Å². The maximum absolute atomic E-state index is 12.2. The van der Waals surface area contributed by atoms with Gasteiger partial charge in [0.1, 0.15) is 5.82 Å². The molecule has 1 saturated heterocycles. The van der Waals surface area contributed by atoms with Gasteiger partial charge in [-0.05, 0) is 56.0 Å². The van der Waals surface area contributed by atoms with Crippen LogP contribution >= 0.6 is 24.0 Å². The number of hydrogen-bond donors (Lipinski definition) is 2. The van der Waals surface area contributed by atoms with Crippen LogP contribution < -0.4 is 15.5 Å². The molecule has 2 heterocycles. The summed E-state index contributed by atoms with van der Waals surface area (Å²) in [5, 5.41) is 6.96. The van der Waals surface area contributed by atoms with Crippen LogP contribution in [0.5, 0.6) is 0 Å². The lowest BCUT2D eigenvalue weighted by atomic mass is 10.1. The van der Waals surface area contributed by atoms with Gasteiger partial charge in [-0.2, -0.15) is 0 Å². The van der Waals surface area contributed by atoms with E-state index in [1.54, 1.807) is 26.0 Å². The molecule has 1 amide bonds. The Hall–Kier alpha value is -2.36. The van der Waals surface area contributed by atoms with Crippen LogP contribution in [0.4, 0.5) is 5.82 Å². The van der Waals surface area contributed by atoms with Gasteiger partial charge in [0, 0.05) is 58.1 Å². The zero-order chi connectivity index (χ0) is 22.2. The lowest BCUT2D eigenvalue weighted by Gasteiger charge is -2.34. The molecule has 1 aromatic carbocycles. The molecule has 0 aliphatic carbocycles. The molecule has 8 heteroatoms. The van der Waals surface area contributed by atoms with Crippen molar-refractivity contribution >= 4 is 41.7 Å². The number of carbonyl (C=O) groups excluding carboxylic acids is 1. The lowest BCUT2D eigenvalue weighted by molar-refractivity contribution is 0.0827. The topological polar surface area (TPSA) is 72.9 Å². The van der Waals surface area contributed by atoms with Crippen molar-refractivity contribution in [3.8, 4) is 0 Å². The van der Waals surface area contributed by atoms with Crippen molar-refractivity contribution in [3.05, 3.63) is 59.3 Å². The summed E-state index contributed by atoms with van der Waals surface area (Å²) >= 11 is 0. The second-order valence-electron chi connectivity index (χ2n) is 8.19. The van der Waals surface area contributed by atoms with Crippen LogP contribution in [0.15, 0.2) is 47.5 Å². The molecule has 1 aromatic heterocycles. The van der Waals surface area contributed by atoms with E-state index in [2.05, 4.69) is 43.7 Å². The van der Waals surface area contributed by atoms with E-state index in [0.29, 0.717) is 6.04 Å². The SMILES string of the molecule is CN=C(NCCc1cccc(C(=O)N(C)C)c1)NC1CCN(c2cccc(C)n2)CC1.I. The van der Waals surface area contributed by atoms with Crippen LogP contribution in [0.1, 0.15) is 34.5 Å². The number of piperidine rings is 1. The minimum atomic E-state index is 0. The number of anilines is 1. The van der Waals surface area contributed by atoms with Gasteiger partial charge in [0.15, 0.2) is 5.96 Å². The Morgan fingerprint density at radius 1 is 1.19 bits per heavy atom. The van der Waals surface area contributed by atoms with Crippen molar-refractivity contribution in [3.63, 3.8) is 0 Å². The number of pyridine rings is 1. The van der Waals surface area contributed by atoms with Crippen molar-refractivity contribution < 1.29 is 4.79 Å². The molecule has 2 aromatic rings. The molecule has 2 N–H and O–H groups in total. The summed E-state index contributed by atoms with van der Waals surface area (Å²) in [5.41, 5.74) is 2.91. The molecule has 7 nitrogen and oxygen atoms in total. The van der Waals surface area contributed by atoms with Crippen molar-refractivity contribution in [1.29, 1.82) is 0 Å². The Labute approximate surface area is 208 Å². The molecule has 0 saturated carbocycles. The number of amides is 1. The second-order valence-corrected chi connectivity index (χ2v) is 8.19. The molecular weight excluding hydrogens is 515 g/mol. The van der Waals surface area contributed by atoms with E-state index in [-0.39, 0.29) is 29.9 Å². The van der Waals surface area contributed by atoms with Crippen molar-refractivity contribution in [1.82, 2.24) is 20.5 Å². The van der Waals surface area contributed by atoms with E-state index < -0.39 is 0 Å². The summed E-state index contributed by atoms with van der Waals surface area (Å²) in [7, 11) is 5.35. The molecule has 174 valence electrons. The molecule has 0 bridgehead atoms. The summed E-state index contributed by atoms with van der Waals surface area (Å²) in [6.45, 7) is 4.75. The van der Waals surface area contributed by atoms with Crippen molar-refractivity contribution in [2.75, 3.05) is 45.7 Å². The first-order valence-corrected chi connectivity index (χ1v) is 10.9. The van der Waals surface area contributed by atoms with Gasteiger partial charge in [-0.25, -0.2) is 4.98 Å². The second kappa shape index (κ2) is 12.6. The molecule has 1 aliphatic heterocycles. The number of nitrogens with one attached hydrogen (secondary N) is 2. The van der Waals surface area contributed by atoms with E-state index in [4.69, 9.17) is 0 Å². The molecule has 1 aliphatic rings. The van der Waals surface area contributed by atoms with Gasteiger partial charge in [0.25, 0.3) is 5.91 Å². The molecular formula is C24H35IN6O. The summed E-state index contributed by atoms with van der Waals surface area (Å²) in [6.07, 6.45) is 2.92. The van der Waals surface area contributed by atoms with Gasteiger partial charge >= 0.3 is 0 Å². The highest BCUT2D eigenvalue weighted by molar-refractivity contribution is 14.0. The standard InChI is InChI=1S/C24H34N6O.HI/c1-18-7-5-10-22(27-18)30-15-12-21(13-16-30)28-24(25-2)26-14-11-19-8-6-9-20(17-19)23(31)29(3)4;/h5-10,17,21H,11-16H2,1-4H3,(H2,25,26,28);1H. The smallest absolute Gasteiger partial charge is 0.253 e. The highest BCUT2D eigenvalue weighted by atomic mass is 127. The molecule has 0 unspecified atom stereocenters. The summed E-state index contributed by atoms with van der Waals surface area (Å²) in [5.74, 6) is 1.92. The number of benzene rings is 1. The number of nitrogens with zero attached hydrogens (tertiary/aromatic N) is 4. The average molecular weight is 550 g/mol. The van der Waals surface area contributed by atoms with E-state index in [9.17, 15) is 4.79 Å². The quantitative estimate of drug-likeness (QED) is 0.329. The molecule has 0 spiro atoms. The largest absolute Gasteiger partial charge is 0.356 e. The van der Waals surface area contributed by atoms with Gasteiger partial charge in [-0.1, -0.05) is 18.2 Å². The Morgan fingerprint density at radius 2 is 1.91 bits per heavy atom. The van der Waals surface area contributed by atoms with E-state index in [0.717, 1.165) is 67.5 Å². The van der Waals surface area contributed by atoms with E-state index in [1.807, 2.05) is 31.2 Å². The predicted octanol–water partition coefficient (Wildman–Crippen LogP) is 3.09.